The molecule has 0 aliphatic heterocycles. The second-order valence-electron chi connectivity index (χ2n) is 5.55. The van der Waals surface area contributed by atoms with Crippen molar-refractivity contribution in [3.8, 4) is 5.75 Å². The van der Waals surface area contributed by atoms with E-state index in [1.54, 1.807) is 6.07 Å². The van der Waals surface area contributed by atoms with Crippen LogP contribution < -0.4 is 10.0 Å². The Balaban J connectivity index is 0.00000242. The van der Waals surface area contributed by atoms with Crippen molar-refractivity contribution in [1.82, 2.24) is 5.32 Å². The highest BCUT2D eigenvalue weighted by atomic mass is 35.5. The van der Waals surface area contributed by atoms with Gasteiger partial charge in [-0.2, -0.15) is 0 Å². The van der Waals surface area contributed by atoms with Crippen molar-refractivity contribution >= 4 is 28.1 Å². The van der Waals surface area contributed by atoms with Gasteiger partial charge in [0.05, 0.1) is 18.0 Å². The van der Waals surface area contributed by atoms with Crippen molar-refractivity contribution < 1.29 is 18.6 Å². The second kappa shape index (κ2) is 7.50. The fourth-order valence-electron chi connectivity index (χ4n) is 2.24. The molecule has 126 valence electrons. The summed E-state index contributed by atoms with van der Waals surface area (Å²) >= 11 is 0. The minimum Gasteiger partial charge on any atom is -0.506 e. The van der Waals surface area contributed by atoms with Crippen LogP contribution in [-0.2, 0) is 10.0 Å². The average Bonchev–Trinajstić information content (AvgIpc) is 3.20. The monoisotopic (exact) mass is 350 g/mol. The van der Waals surface area contributed by atoms with Gasteiger partial charge in [-0.1, -0.05) is 13.0 Å². The molecule has 4 N–H and O–H groups in total. The van der Waals surface area contributed by atoms with Gasteiger partial charge in [-0.25, -0.2) is 8.42 Å². The minimum absolute atomic E-state index is 0. The minimum atomic E-state index is -3.48. The van der Waals surface area contributed by atoms with Crippen LogP contribution in [0.1, 0.15) is 37.9 Å². The predicted molar refractivity (Wildman–Crippen MR) is 89.0 cm³/mol. The highest BCUT2D eigenvalue weighted by Crippen LogP contribution is 2.31. The number of benzene rings is 1. The standard InChI is InChI=1S/C14H22N2O4S.ClH/c1-3-11(15-10-5-6-10)14(18)9-4-7-13(17)12(8-9)16-21(2,19)20;/h4,7-8,10-11,14-18H,3,5-6H2,1-2H3;1H/t11-,14+;/m0./s1. The molecule has 1 aliphatic rings. The number of aliphatic hydroxyl groups excluding tert-OH is 1. The van der Waals surface area contributed by atoms with E-state index in [-0.39, 0.29) is 29.9 Å². The zero-order chi connectivity index (χ0) is 15.6. The SMILES string of the molecule is CC[C@H](NC1CC1)[C@H](O)c1ccc(O)c(NS(C)(=O)=O)c1.Cl. The largest absolute Gasteiger partial charge is 0.506 e. The Kier molecular flexibility index (Phi) is 6.49. The van der Waals surface area contributed by atoms with E-state index in [0.717, 1.165) is 25.5 Å². The molecule has 2 atom stereocenters. The number of halogens is 1. The fourth-order valence-corrected chi connectivity index (χ4v) is 2.80. The number of phenols is 1. The molecule has 0 heterocycles. The van der Waals surface area contributed by atoms with Gasteiger partial charge >= 0.3 is 0 Å². The third kappa shape index (κ3) is 5.31. The zero-order valence-electron chi connectivity index (χ0n) is 12.6. The van der Waals surface area contributed by atoms with Crippen LogP contribution in [0.25, 0.3) is 0 Å². The summed E-state index contributed by atoms with van der Waals surface area (Å²) in [6.45, 7) is 1.99. The predicted octanol–water partition coefficient (Wildman–Crippen LogP) is 1.75. The number of nitrogens with one attached hydrogen (secondary N) is 2. The number of anilines is 1. The molecule has 0 unspecified atom stereocenters. The molecule has 22 heavy (non-hydrogen) atoms. The molecule has 0 radical (unpaired) electrons. The van der Waals surface area contributed by atoms with Crippen LogP contribution in [0.2, 0.25) is 0 Å². The lowest BCUT2D eigenvalue weighted by Crippen LogP contribution is -2.35. The maximum atomic E-state index is 11.3. The molecule has 0 saturated heterocycles. The van der Waals surface area contributed by atoms with E-state index in [1.165, 1.54) is 12.1 Å². The van der Waals surface area contributed by atoms with E-state index < -0.39 is 16.1 Å². The summed E-state index contributed by atoms with van der Waals surface area (Å²) in [6, 6.07) is 4.84. The van der Waals surface area contributed by atoms with Crippen LogP contribution in [-0.4, -0.2) is 37.0 Å². The molecule has 1 fully saturated rings. The Bertz CT molecular complexity index is 605. The van der Waals surface area contributed by atoms with Gasteiger partial charge in [-0.3, -0.25) is 4.72 Å². The van der Waals surface area contributed by atoms with Crippen molar-refractivity contribution in [2.45, 2.75) is 44.4 Å². The molecule has 1 aromatic carbocycles. The summed E-state index contributed by atoms with van der Waals surface area (Å²) in [5, 5.41) is 23.5. The highest BCUT2D eigenvalue weighted by molar-refractivity contribution is 7.92. The molecule has 8 heteroatoms. The van der Waals surface area contributed by atoms with Crippen molar-refractivity contribution in [2.75, 3.05) is 11.0 Å². The first-order valence-corrected chi connectivity index (χ1v) is 8.94. The van der Waals surface area contributed by atoms with Crippen LogP contribution in [0, 0.1) is 0 Å². The molecule has 1 aliphatic carbocycles. The summed E-state index contributed by atoms with van der Waals surface area (Å²) in [5.41, 5.74) is 0.647. The Morgan fingerprint density at radius 2 is 2.00 bits per heavy atom. The lowest BCUT2D eigenvalue weighted by molar-refractivity contribution is 0.125. The first-order valence-electron chi connectivity index (χ1n) is 7.05. The summed E-state index contributed by atoms with van der Waals surface area (Å²) in [7, 11) is -3.48. The van der Waals surface area contributed by atoms with E-state index in [0.29, 0.717) is 11.6 Å². The Labute approximate surface area is 137 Å². The van der Waals surface area contributed by atoms with Crippen LogP contribution in [0.15, 0.2) is 18.2 Å². The first kappa shape index (κ1) is 19.0. The zero-order valence-corrected chi connectivity index (χ0v) is 14.2. The van der Waals surface area contributed by atoms with Gasteiger partial charge in [-0.15, -0.1) is 12.4 Å². The van der Waals surface area contributed by atoms with Crippen LogP contribution in [0.5, 0.6) is 5.75 Å². The Hall–Kier alpha value is -1.02. The average molecular weight is 351 g/mol. The van der Waals surface area contributed by atoms with E-state index >= 15 is 0 Å². The Morgan fingerprint density at radius 3 is 2.50 bits per heavy atom. The molecule has 1 saturated carbocycles. The summed E-state index contributed by atoms with van der Waals surface area (Å²) < 4.78 is 24.8. The van der Waals surface area contributed by atoms with E-state index in [4.69, 9.17) is 0 Å². The summed E-state index contributed by atoms with van der Waals surface area (Å²) in [5.74, 6) is -0.167. The van der Waals surface area contributed by atoms with Crippen LogP contribution >= 0.6 is 12.4 Å². The van der Waals surface area contributed by atoms with Crippen molar-refractivity contribution in [3.63, 3.8) is 0 Å². The van der Waals surface area contributed by atoms with Gasteiger partial charge < -0.3 is 15.5 Å². The molecule has 1 aromatic rings. The van der Waals surface area contributed by atoms with Crippen LogP contribution in [0.3, 0.4) is 0 Å². The second-order valence-corrected chi connectivity index (χ2v) is 7.30. The molecular weight excluding hydrogens is 328 g/mol. The van der Waals surface area contributed by atoms with Gasteiger partial charge in [0, 0.05) is 12.1 Å². The number of rotatable bonds is 7. The molecule has 0 aromatic heterocycles. The Morgan fingerprint density at radius 1 is 1.36 bits per heavy atom. The first-order chi connectivity index (χ1) is 9.80. The maximum Gasteiger partial charge on any atom is 0.229 e. The smallest absolute Gasteiger partial charge is 0.229 e. The van der Waals surface area contributed by atoms with Gasteiger partial charge in [0.2, 0.25) is 10.0 Å². The van der Waals surface area contributed by atoms with Gasteiger partial charge in [-0.05, 0) is 37.0 Å². The summed E-state index contributed by atoms with van der Waals surface area (Å²) in [4.78, 5) is 0. The molecular formula is C14H23ClN2O4S. The number of phenolic OH excluding ortho intramolecular Hbond substituents is 1. The number of hydrogen-bond donors (Lipinski definition) is 4. The lowest BCUT2D eigenvalue weighted by Gasteiger charge is -2.24. The lowest BCUT2D eigenvalue weighted by atomic mass is 9.99. The van der Waals surface area contributed by atoms with E-state index in [1.807, 2.05) is 6.92 Å². The molecule has 0 bridgehead atoms. The topological polar surface area (TPSA) is 98.7 Å². The number of aromatic hydroxyl groups is 1. The number of aliphatic hydroxyl groups is 1. The molecule has 0 amide bonds. The normalized spacial score (nSPS) is 17.4. The quantitative estimate of drug-likeness (QED) is 0.561. The summed E-state index contributed by atoms with van der Waals surface area (Å²) in [6.07, 6.45) is 3.27. The third-order valence-electron chi connectivity index (χ3n) is 3.51. The van der Waals surface area contributed by atoms with E-state index in [2.05, 4.69) is 10.0 Å². The number of hydrogen-bond acceptors (Lipinski definition) is 5. The van der Waals surface area contributed by atoms with E-state index in [9.17, 15) is 18.6 Å². The number of sulfonamides is 1. The third-order valence-corrected chi connectivity index (χ3v) is 4.10. The molecule has 0 spiro atoms. The van der Waals surface area contributed by atoms with Gasteiger partial charge in [0.15, 0.2) is 0 Å². The maximum absolute atomic E-state index is 11.3. The highest BCUT2D eigenvalue weighted by Gasteiger charge is 2.28. The van der Waals surface area contributed by atoms with Crippen molar-refractivity contribution in [3.05, 3.63) is 23.8 Å². The van der Waals surface area contributed by atoms with Gasteiger partial charge in [0.25, 0.3) is 0 Å². The molecule has 6 nitrogen and oxygen atoms in total. The van der Waals surface area contributed by atoms with Crippen LogP contribution in [0.4, 0.5) is 5.69 Å². The molecule has 2 rings (SSSR count). The fraction of sp³-hybridized carbons (Fsp3) is 0.571. The van der Waals surface area contributed by atoms with Gasteiger partial charge in [0.1, 0.15) is 5.75 Å². The van der Waals surface area contributed by atoms with Crippen molar-refractivity contribution in [2.24, 2.45) is 0 Å². The van der Waals surface area contributed by atoms with Crippen molar-refractivity contribution in [1.29, 1.82) is 0 Å².